The van der Waals surface area contributed by atoms with Gasteiger partial charge in [0.05, 0.1) is 0 Å². The van der Waals surface area contributed by atoms with Crippen molar-refractivity contribution in [1.82, 2.24) is 9.97 Å². The monoisotopic (exact) mass is 130 g/mol. The van der Waals surface area contributed by atoms with E-state index in [1.54, 1.807) is 0 Å². The maximum absolute atomic E-state index is 11.6. The molecule has 1 aromatic rings. The molecule has 0 bridgehead atoms. The highest BCUT2D eigenvalue weighted by molar-refractivity contribution is 4.90. The molecule has 0 aliphatic rings. The van der Waals surface area contributed by atoms with Gasteiger partial charge in [-0.25, -0.2) is 9.37 Å². The van der Waals surface area contributed by atoms with E-state index in [9.17, 15) is 4.39 Å². The van der Waals surface area contributed by atoms with Gasteiger partial charge in [-0.3, -0.25) is 0 Å². The molecular formula is C5H7FN2O. The summed E-state index contributed by atoms with van der Waals surface area (Å²) in [6.07, 6.45) is 1.91. The predicted octanol–water partition coefficient (Wildman–Crippen LogP) is 0.413. The van der Waals surface area contributed by atoms with Crippen LogP contribution in [-0.2, 0) is 0 Å². The molecule has 9 heavy (non-hydrogen) atoms. The van der Waals surface area contributed by atoms with Crippen LogP contribution in [0.5, 0.6) is 0 Å². The van der Waals surface area contributed by atoms with Crippen LogP contribution in [0.4, 0.5) is 4.39 Å². The maximum Gasteiger partial charge on any atom is 0.140 e. The topological polar surface area (TPSA) is 48.9 Å². The molecule has 1 aromatic heterocycles. The van der Waals surface area contributed by atoms with Crippen molar-refractivity contribution in [3.63, 3.8) is 0 Å². The van der Waals surface area contributed by atoms with Crippen molar-refractivity contribution < 1.29 is 9.50 Å². The number of alkyl halides is 1. The Balaban J connectivity index is 2.65. The molecule has 0 aliphatic heterocycles. The van der Waals surface area contributed by atoms with E-state index in [4.69, 9.17) is 5.11 Å². The summed E-state index contributed by atoms with van der Waals surface area (Å²) >= 11 is 0. The van der Waals surface area contributed by atoms with Crippen molar-refractivity contribution in [1.29, 1.82) is 0 Å². The van der Waals surface area contributed by atoms with Crippen LogP contribution in [0, 0.1) is 0 Å². The zero-order valence-corrected chi connectivity index (χ0v) is 4.71. The number of H-pyrrole nitrogens is 1. The molecule has 4 heteroatoms. The third kappa shape index (κ3) is 1.26. The first kappa shape index (κ1) is 6.22. The van der Waals surface area contributed by atoms with E-state index < -0.39 is 12.8 Å². The maximum atomic E-state index is 11.6. The summed E-state index contributed by atoms with van der Waals surface area (Å²) in [6.45, 7) is -0.798. The Morgan fingerprint density at radius 3 is 3.11 bits per heavy atom. The van der Waals surface area contributed by atoms with Crippen molar-refractivity contribution in [3.05, 3.63) is 18.2 Å². The highest BCUT2D eigenvalue weighted by Gasteiger charge is 2.06. The van der Waals surface area contributed by atoms with Gasteiger partial charge in [-0.05, 0) is 0 Å². The molecule has 50 valence electrons. The molecule has 1 heterocycles. The van der Waals surface area contributed by atoms with Crippen LogP contribution < -0.4 is 0 Å². The van der Waals surface area contributed by atoms with Gasteiger partial charge in [-0.15, -0.1) is 0 Å². The van der Waals surface area contributed by atoms with E-state index in [2.05, 4.69) is 9.97 Å². The second-order valence-corrected chi connectivity index (χ2v) is 1.64. The van der Waals surface area contributed by atoms with Gasteiger partial charge in [0.15, 0.2) is 0 Å². The fourth-order valence-electron chi connectivity index (χ4n) is 0.533. The number of aromatic nitrogens is 2. The minimum absolute atomic E-state index is 0.275. The number of nitrogens with one attached hydrogen (secondary N) is 1. The normalized spacial score (nSPS) is 13.6. The molecule has 0 spiro atoms. The molecule has 1 unspecified atom stereocenters. The van der Waals surface area contributed by atoms with Crippen LogP contribution in [0.2, 0.25) is 0 Å². The first-order valence-corrected chi connectivity index (χ1v) is 2.58. The number of hydrogen-bond donors (Lipinski definition) is 2. The van der Waals surface area contributed by atoms with Gasteiger partial charge in [-0.2, -0.15) is 0 Å². The lowest BCUT2D eigenvalue weighted by molar-refractivity contribution is 0.134. The van der Waals surface area contributed by atoms with Crippen LogP contribution in [0.3, 0.4) is 0 Å². The van der Waals surface area contributed by atoms with E-state index in [1.165, 1.54) is 12.4 Å². The first-order chi connectivity index (χ1) is 4.34. The number of nitrogens with zero attached hydrogens (tertiary/aromatic N) is 1. The highest BCUT2D eigenvalue weighted by atomic mass is 19.1. The lowest BCUT2D eigenvalue weighted by Gasteiger charge is -1.98. The third-order valence-electron chi connectivity index (χ3n) is 0.981. The quantitative estimate of drug-likeness (QED) is 0.609. The number of aromatic amines is 1. The Morgan fingerprint density at radius 1 is 1.89 bits per heavy atom. The molecular weight excluding hydrogens is 123 g/mol. The second-order valence-electron chi connectivity index (χ2n) is 1.64. The largest absolute Gasteiger partial charge is 0.382 e. The summed E-state index contributed by atoms with van der Waals surface area (Å²) in [7, 11) is 0. The summed E-state index contributed by atoms with van der Waals surface area (Å²) in [5.74, 6) is 0.275. The molecule has 0 aliphatic carbocycles. The fourth-order valence-corrected chi connectivity index (χ4v) is 0.533. The van der Waals surface area contributed by atoms with E-state index in [0.29, 0.717) is 0 Å². The van der Waals surface area contributed by atoms with E-state index in [-0.39, 0.29) is 5.82 Å². The summed E-state index contributed by atoms with van der Waals surface area (Å²) in [5, 5.41) is 8.75. The molecule has 1 rings (SSSR count). The zero-order valence-electron chi connectivity index (χ0n) is 4.71. The molecule has 2 N–H and O–H groups in total. The van der Waals surface area contributed by atoms with Gasteiger partial charge in [0.2, 0.25) is 0 Å². The van der Waals surface area contributed by atoms with Crippen LogP contribution in [0.1, 0.15) is 11.9 Å². The number of rotatable bonds is 2. The van der Waals surface area contributed by atoms with Crippen molar-refractivity contribution in [2.45, 2.75) is 6.10 Å². The molecule has 0 saturated carbocycles. The van der Waals surface area contributed by atoms with Gasteiger partial charge in [-0.1, -0.05) is 0 Å². The van der Waals surface area contributed by atoms with Crippen molar-refractivity contribution in [3.8, 4) is 0 Å². The number of hydrogen-bond acceptors (Lipinski definition) is 2. The lowest BCUT2D eigenvalue weighted by Crippen LogP contribution is -2.00. The predicted molar refractivity (Wildman–Crippen MR) is 29.5 cm³/mol. The molecule has 0 saturated heterocycles. The van der Waals surface area contributed by atoms with E-state index in [0.717, 1.165) is 0 Å². The Hall–Kier alpha value is -0.900. The molecule has 3 nitrogen and oxygen atoms in total. The molecule has 0 radical (unpaired) electrons. The van der Waals surface area contributed by atoms with Crippen LogP contribution >= 0.6 is 0 Å². The smallest absolute Gasteiger partial charge is 0.140 e. The average Bonchev–Trinajstić information content (AvgIpc) is 2.37. The Morgan fingerprint density at radius 2 is 2.67 bits per heavy atom. The van der Waals surface area contributed by atoms with Gasteiger partial charge in [0.1, 0.15) is 18.6 Å². The average molecular weight is 130 g/mol. The first-order valence-electron chi connectivity index (χ1n) is 2.58. The van der Waals surface area contributed by atoms with Crippen LogP contribution in [-0.4, -0.2) is 21.7 Å². The minimum atomic E-state index is -1.10. The summed E-state index contributed by atoms with van der Waals surface area (Å²) < 4.78 is 11.6. The Kier molecular flexibility index (Phi) is 1.79. The third-order valence-corrected chi connectivity index (χ3v) is 0.981. The molecule has 0 fully saturated rings. The molecule has 1 atom stereocenters. The van der Waals surface area contributed by atoms with Gasteiger partial charge < -0.3 is 10.1 Å². The van der Waals surface area contributed by atoms with Crippen LogP contribution in [0.15, 0.2) is 12.4 Å². The van der Waals surface area contributed by atoms with Gasteiger partial charge in [0.25, 0.3) is 0 Å². The van der Waals surface area contributed by atoms with Crippen molar-refractivity contribution >= 4 is 0 Å². The number of halogens is 1. The van der Waals surface area contributed by atoms with Gasteiger partial charge >= 0.3 is 0 Å². The summed E-state index contributed by atoms with van der Waals surface area (Å²) in [6, 6.07) is 0. The summed E-state index contributed by atoms with van der Waals surface area (Å²) in [4.78, 5) is 6.23. The zero-order chi connectivity index (χ0) is 6.69. The number of aliphatic hydroxyl groups is 1. The Bertz CT molecular complexity index is 163. The van der Waals surface area contributed by atoms with Crippen molar-refractivity contribution in [2.24, 2.45) is 0 Å². The SMILES string of the molecule is OC(CF)c1ncc[nH]1. The number of imidazole rings is 1. The second kappa shape index (κ2) is 2.59. The van der Waals surface area contributed by atoms with E-state index in [1.807, 2.05) is 0 Å². The molecule has 0 aromatic carbocycles. The van der Waals surface area contributed by atoms with E-state index >= 15 is 0 Å². The summed E-state index contributed by atoms with van der Waals surface area (Å²) in [5.41, 5.74) is 0. The van der Waals surface area contributed by atoms with Crippen LogP contribution in [0.25, 0.3) is 0 Å². The minimum Gasteiger partial charge on any atom is -0.382 e. The highest BCUT2D eigenvalue weighted by Crippen LogP contribution is 2.05. The lowest BCUT2D eigenvalue weighted by atomic mass is 10.4. The van der Waals surface area contributed by atoms with Crippen molar-refractivity contribution in [2.75, 3.05) is 6.67 Å². The van der Waals surface area contributed by atoms with Gasteiger partial charge in [0, 0.05) is 12.4 Å². The number of aliphatic hydroxyl groups excluding tert-OH is 1. The Labute approximate surface area is 51.5 Å². The fraction of sp³-hybridized carbons (Fsp3) is 0.400. The standard InChI is InChI=1S/C5H7FN2O/c6-3-4(9)5-7-1-2-8-5/h1-2,4,9H,3H2,(H,7,8). The molecule has 0 amide bonds.